The number of rotatable bonds is 6. The van der Waals surface area contributed by atoms with E-state index >= 15 is 0 Å². The topological polar surface area (TPSA) is 88.2 Å². The molecular formula is C25H31N3O5. The molecule has 2 atom stereocenters. The van der Waals surface area contributed by atoms with E-state index in [4.69, 9.17) is 9.47 Å². The Hall–Kier alpha value is -3.55. The van der Waals surface area contributed by atoms with Gasteiger partial charge in [-0.05, 0) is 38.3 Å². The highest BCUT2D eigenvalue weighted by atomic mass is 16.6. The van der Waals surface area contributed by atoms with E-state index in [-0.39, 0.29) is 18.9 Å². The van der Waals surface area contributed by atoms with E-state index < -0.39 is 29.9 Å². The Kier molecular flexibility index (Phi) is 7.58. The van der Waals surface area contributed by atoms with Crippen LogP contribution in [0.15, 0.2) is 60.7 Å². The van der Waals surface area contributed by atoms with Crippen LogP contribution in [-0.2, 0) is 27.3 Å². The van der Waals surface area contributed by atoms with Crippen molar-refractivity contribution in [3.63, 3.8) is 0 Å². The number of hydrogen-bond donors (Lipinski definition) is 1. The molecular weight excluding hydrogens is 422 g/mol. The van der Waals surface area contributed by atoms with Crippen LogP contribution < -0.4 is 5.32 Å². The lowest BCUT2D eigenvalue weighted by atomic mass is 9.97. The van der Waals surface area contributed by atoms with Crippen molar-refractivity contribution in [2.75, 3.05) is 7.05 Å². The third kappa shape index (κ3) is 6.71. The Morgan fingerprint density at radius 2 is 1.61 bits per heavy atom. The Morgan fingerprint density at radius 3 is 2.18 bits per heavy atom. The summed E-state index contributed by atoms with van der Waals surface area (Å²) in [6.45, 7) is 5.40. The molecule has 0 saturated carbocycles. The molecule has 0 spiro atoms. The van der Waals surface area contributed by atoms with Gasteiger partial charge in [-0.15, -0.1) is 0 Å². The van der Waals surface area contributed by atoms with Gasteiger partial charge in [-0.25, -0.2) is 14.6 Å². The molecule has 8 nitrogen and oxygen atoms in total. The molecule has 3 rings (SSSR count). The molecule has 1 fully saturated rings. The van der Waals surface area contributed by atoms with Crippen LogP contribution in [0.4, 0.5) is 9.59 Å². The molecule has 33 heavy (non-hydrogen) atoms. The zero-order valence-electron chi connectivity index (χ0n) is 19.5. The van der Waals surface area contributed by atoms with Crippen molar-refractivity contribution in [2.24, 2.45) is 0 Å². The van der Waals surface area contributed by atoms with E-state index in [1.165, 1.54) is 17.1 Å². The summed E-state index contributed by atoms with van der Waals surface area (Å²) >= 11 is 0. The Bertz CT molecular complexity index is 959. The molecule has 2 aromatic carbocycles. The van der Waals surface area contributed by atoms with Gasteiger partial charge in [-0.3, -0.25) is 9.80 Å². The lowest BCUT2D eigenvalue weighted by molar-refractivity contribution is -0.135. The van der Waals surface area contributed by atoms with Gasteiger partial charge in [0, 0.05) is 7.05 Å². The number of carbonyl (C=O) groups excluding carboxylic acids is 3. The maximum Gasteiger partial charge on any atom is 0.429 e. The second-order valence-corrected chi connectivity index (χ2v) is 9.02. The van der Waals surface area contributed by atoms with E-state index in [9.17, 15) is 14.4 Å². The molecule has 0 aromatic heterocycles. The maximum atomic E-state index is 12.9. The largest absolute Gasteiger partial charge is 0.445 e. The smallest absolute Gasteiger partial charge is 0.429 e. The highest BCUT2D eigenvalue weighted by Crippen LogP contribution is 2.26. The Labute approximate surface area is 194 Å². The Morgan fingerprint density at radius 1 is 1.03 bits per heavy atom. The van der Waals surface area contributed by atoms with Gasteiger partial charge in [0.15, 0.2) is 0 Å². The summed E-state index contributed by atoms with van der Waals surface area (Å²) in [5, 5.41) is 5.42. The molecule has 2 aromatic rings. The van der Waals surface area contributed by atoms with E-state index in [2.05, 4.69) is 5.32 Å². The van der Waals surface area contributed by atoms with Crippen molar-refractivity contribution >= 4 is 18.1 Å². The predicted octanol–water partition coefficient (Wildman–Crippen LogP) is 3.91. The van der Waals surface area contributed by atoms with Crippen LogP contribution in [-0.4, -0.2) is 52.8 Å². The van der Waals surface area contributed by atoms with Crippen LogP contribution >= 0.6 is 0 Å². The zero-order valence-corrected chi connectivity index (χ0v) is 19.5. The van der Waals surface area contributed by atoms with Crippen molar-refractivity contribution in [1.29, 1.82) is 0 Å². The summed E-state index contributed by atoms with van der Waals surface area (Å²) in [5.74, 6) is -0.233. The molecule has 3 amide bonds. The first-order valence-corrected chi connectivity index (χ1v) is 10.9. The monoisotopic (exact) mass is 453 g/mol. The fourth-order valence-electron chi connectivity index (χ4n) is 3.69. The maximum absolute atomic E-state index is 12.9. The molecule has 1 N–H and O–H groups in total. The molecule has 0 unspecified atom stereocenters. The minimum atomic E-state index is -0.731. The van der Waals surface area contributed by atoms with E-state index in [0.29, 0.717) is 6.42 Å². The van der Waals surface area contributed by atoms with Crippen LogP contribution in [0, 0.1) is 0 Å². The van der Waals surface area contributed by atoms with Crippen molar-refractivity contribution in [2.45, 2.75) is 57.9 Å². The molecule has 0 aliphatic carbocycles. The third-order valence-electron chi connectivity index (χ3n) is 5.24. The first kappa shape index (κ1) is 24.1. The standard InChI is InChI=1S/C25H31N3O5/c1-25(2,3)33-24(31)28-21(16-22(29)27(28)4)20(15-18-11-7-5-8-12-18)26-23(30)32-17-19-13-9-6-10-14-19/h5-14,20-21H,15-17H2,1-4H3,(H,26,30)/t20-,21-/m0/s1. The molecule has 0 bridgehead atoms. The summed E-state index contributed by atoms with van der Waals surface area (Å²) in [6, 6.07) is 17.7. The molecule has 1 saturated heterocycles. The van der Waals surface area contributed by atoms with Gasteiger partial charge < -0.3 is 14.8 Å². The number of alkyl carbamates (subject to hydrolysis) is 1. The fourth-order valence-corrected chi connectivity index (χ4v) is 3.69. The first-order valence-electron chi connectivity index (χ1n) is 10.9. The molecule has 1 aliphatic rings. The van der Waals surface area contributed by atoms with Crippen LogP contribution in [0.25, 0.3) is 0 Å². The quantitative estimate of drug-likeness (QED) is 0.717. The average molecular weight is 454 g/mol. The molecule has 1 heterocycles. The van der Waals surface area contributed by atoms with Crippen LogP contribution in [0.3, 0.4) is 0 Å². The third-order valence-corrected chi connectivity index (χ3v) is 5.24. The first-order chi connectivity index (χ1) is 15.6. The summed E-state index contributed by atoms with van der Waals surface area (Å²) in [6.07, 6.45) is -0.789. The number of amides is 3. The summed E-state index contributed by atoms with van der Waals surface area (Å²) in [7, 11) is 1.53. The highest BCUT2D eigenvalue weighted by Gasteiger charge is 2.45. The normalized spacial score (nSPS) is 17.0. The van der Waals surface area contributed by atoms with E-state index in [0.717, 1.165) is 11.1 Å². The second kappa shape index (κ2) is 10.4. The van der Waals surface area contributed by atoms with Crippen LogP contribution in [0.2, 0.25) is 0 Å². The number of carbonyl (C=O) groups is 3. The molecule has 176 valence electrons. The summed E-state index contributed by atoms with van der Waals surface area (Å²) < 4.78 is 10.9. The fraction of sp³-hybridized carbons (Fsp3) is 0.400. The van der Waals surface area contributed by atoms with E-state index in [1.54, 1.807) is 20.8 Å². The van der Waals surface area contributed by atoms with Gasteiger partial charge in [0.1, 0.15) is 12.2 Å². The average Bonchev–Trinajstić information content (AvgIpc) is 3.06. The summed E-state index contributed by atoms with van der Waals surface area (Å²) in [4.78, 5) is 38.2. The van der Waals surface area contributed by atoms with Crippen molar-refractivity contribution in [3.05, 3.63) is 71.8 Å². The van der Waals surface area contributed by atoms with Crippen molar-refractivity contribution < 1.29 is 23.9 Å². The number of benzene rings is 2. The van der Waals surface area contributed by atoms with E-state index in [1.807, 2.05) is 60.7 Å². The highest BCUT2D eigenvalue weighted by molar-refractivity contribution is 5.84. The van der Waals surface area contributed by atoms with Gasteiger partial charge in [-0.2, -0.15) is 0 Å². The lowest BCUT2D eigenvalue weighted by Crippen LogP contribution is -2.55. The van der Waals surface area contributed by atoms with Gasteiger partial charge >= 0.3 is 12.2 Å². The number of nitrogens with one attached hydrogen (secondary N) is 1. The van der Waals surface area contributed by atoms with Gasteiger partial charge in [-0.1, -0.05) is 60.7 Å². The summed E-state index contributed by atoms with van der Waals surface area (Å²) in [5.41, 5.74) is 1.08. The second-order valence-electron chi connectivity index (χ2n) is 9.02. The predicted molar refractivity (Wildman–Crippen MR) is 123 cm³/mol. The minimum Gasteiger partial charge on any atom is -0.445 e. The van der Waals surface area contributed by atoms with Gasteiger partial charge in [0.2, 0.25) is 5.91 Å². The minimum absolute atomic E-state index is 0.0617. The SMILES string of the molecule is CN1C(=O)C[C@@H]([C@H](Cc2ccccc2)NC(=O)OCc2ccccc2)N1C(=O)OC(C)(C)C. The van der Waals surface area contributed by atoms with Crippen molar-refractivity contribution in [1.82, 2.24) is 15.3 Å². The van der Waals surface area contributed by atoms with Gasteiger partial charge in [0.25, 0.3) is 0 Å². The Balaban J connectivity index is 1.80. The number of hydrazine groups is 1. The van der Waals surface area contributed by atoms with Crippen LogP contribution in [0.1, 0.15) is 38.3 Å². The molecule has 0 radical (unpaired) electrons. The molecule has 8 heteroatoms. The number of ether oxygens (including phenoxy) is 2. The number of nitrogens with zero attached hydrogens (tertiary/aromatic N) is 2. The van der Waals surface area contributed by atoms with Crippen molar-refractivity contribution in [3.8, 4) is 0 Å². The lowest BCUT2D eigenvalue weighted by Gasteiger charge is -2.35. The molecule has 1 aliphatic heterocycles. The van der Waals surface area contributed by atoms with Crippen LogP contribution in [0.5, 0.6) is 0 Å². The zero-order chi connectivity index (χ0) is 24.0. The number of hydrogen-bond acceptors (Lipinski definition) is 5. The van der Waals surface area contributed by atoms with Gasteiger partial charge in [0.05, 0.1) is 18.5 Å².